The summed E-state index contributed by atoms with van der Waals surface area (Å²) in [7, 11) is 4.05. The fourth-order valence-corrected chi connectivity index (χ4v) is 2.47. The van der Waals surface area contributed by atoms with Crippen LogP contribution in [-0.4, -0.2) is 23.1 Å². The molecule has 2 rings (SSSR count). The van der Waals surface area contributed by atoms with E-state index in [2.05, 4.69) is 47.0 Å². The maximum absolute atomic E-state index is 5.72. The molecule has 4 heteroatoms. The lowest BCUT2D eigenvalue weighted by Crippen LogP contribution is -2.22. The second-order valence-electron chi connectivity index (χ2n) is 5.38. The largest absolute Gasteiger partial charge is 0.331 e. The molecule has 1 aromatic carbocycles. The van der Waals surface area contributed by atoms with Gasteiger partial charge in [0.25, 0.3) is 0 Å². The van der Waals surface area contributed by atoms with Crippen LogP contribution in [0.15, 0.2) is 18.2 Å². The molecule has 1 aromatic heterocycles. The van der Waals surface area contributed by atoms with Crippen LogP contribution in [0.4, 0.5) is 0 Å². The number of rotatable bonds is 5. The molecular weight excluding hydrogens is 236 g/mol. The number of aromatic nitrogens is 2. The predicted molar refractivity (Wildman–Crippen MR) is 80.1 cm³/mol. The van der Waals surface area contributed by atoms with Crippen LogP contribution < -0.4 is 11.1 Å². The monoisotopic (exact) mass is 260 g/mol. The third-order valence-electron chi connectivity index (χ3n) is 3.92. The van der Waals surface area contributed by atoms with Crippen molar-refractivity contribution >= 4 is 11.0 Å². The van der Waals surface area contributed by atoms with Crippen molar-refractivity contribution in [3.63, 3.8) is 0 Å². The van der Waals surface area contributed by atoms with E-state index >= 15 is 0 Å². The molecule has 0 bridgehead atoms. The van der Waals surface area contributed by atoms with E-state index in [1.165, 1.54) is 11.1 Å². The van der Waals surface area contributed by atoms with E-state index in [1.807, 2.05) is 14.0 Å². The molecular formula is C15H24N4. The molecule has 0 aliphatic carbocycles. The Labute approximate surface area is 115 Å². The van der Waals surface area contributed by atoms with E-state index < -0.39 is 0 Å². The van der Waals surface area contributed by atoms with E-state index in [-0.39, 0.29) is 0 Å². The van der Waals surface area contributed by atoms with Crippen molar-refractivity contribution < 1.29 is 0 Å². The van der Waals surface area contributed by atoms with Crippen molar-refractivity contribution in [1.29, 1.82) is 0 Å². The van der Waals surface area contributed by atoms with Crippen molar-refractivity contribution in [2.45, 2.75) is 26.3 Å². The smallest absolute Gasteiger partial charge is 0.106 e. The quantitative estimate of drug-likeness (QED) is 0.866. The predicted octanol–water partition coefficient (Wildman–Crippen LogP) is 2.13. The van der Waals surface area contributed by atoms with Gasteiger partial charge in [-0.1, -0.05) is 13.0 Å². The van der Waals surface area contributed by atoms with Crippen LogP contribution in [0.5, 0.6) is 0 Å². The highest BCUT2D eigenvalue weighted by Crippen LogP contribution is 2.24. The van der Waals surface area contributed by atoms with Gasteiger partial charge >= 0.3 is 0 Å². The van der Waals surface area contributed by atoms with Gasteiger partial charge in [0.1, 0.15) is 5.82 Å². The number of fused-ring (bicyclic) bond motifs is 1. The Hall–Kier alpha value is -1.39. The first-order valence-electron chi connectivity index (χ1n) is 6.87. The van der Waals surface area contributed by atoms with Gasteiger partial charge in [0, 0.05) is 13.1 Å². The molecule has 0 radical (unpaired) electrons. The molecule has 0 amide bonds. The maximum Gasteiger partial charge on any atom is 0.106 e. The Kier molecular flexibility index (Phi) is 4.22. The molecule has 4 nitrogen and oxygen atoms in total. The van der Waals surface area contributed by atoms with E-state index in [0.717, 1.165) is 24.3 Å². The summed E-state index contributed by atoms with van der Waals surface area (Å²) in [5.41, 5.74) is 9.26. The molecule has 0 fully saturated rings. The number of imidazole rings is 1. The van der Waals surface area contributed by atoms with Gasteiger partial charge < -0.3 is 15.6 Å². The van der Waals surface area contributed by atoms with Crippen LogP contribution in [-0.2, 0) is 7.05 Å². The van der Waals surface area contributed by atoms with Crippen molar-refractivity contribution in [2.24, 2.45) is 18.7 Å². The van der Waals surface area contributed by atoms with Gasteiger partial charge in [-0.15, -0.1) is 0 Å². The number of nitrogens with two attached hydrogens (primary N) is 1. The topological polar surface area (TPSA) is 55.9 Å². The molecule has 19 heavy (non-hydrogen) atoms. The SMILES string of the molecule is CNC(CC(C)CN)c1ccc2c(c1)nc(C)n2C. The molecule has 0 saturated heterocycles. The fraction of sp³-hybridized carbons (Fsp3) is 0.533. The average molecular weight is 260 g/mol. The zero-order chi connectivity index (χ0) is 14.0. The van der Waals surface area contributed by atoms with Crippen molar-refractivity contribution in [3.8, 4) is 0 Å². The number of hydrogen-bond donors (Lipinski definition) is 2. The minimum atomic E-state index is 0.338. The first-order valence-corrected chi connectivity index (χ1v) is 6.87. The lowest BCUT2D eigenvalue weighted by atomic mass is 9.96. The Morgan fingerprint density at radius 1 is 1.42 bits per heavy atom. The molecule has 2 unspecified atom stereocenters. The van der Waals surface area contributed by atoms with Gasteiger partial charge in [0.2, 0.25) is 0 Å². The normalized spacial score (nSPS) is 14.8. The summed E-state index contributed by atoms with van der Waals surface area (Å²) in [5.74, 6) is 1.56. The summed E-state index contributed by atoms with van der Waals surface area (Å²) in [6, 6.07) is 6.87. The number of nitrogens with one attached hydrogen (secondary N) is 1. The van der Waals surface area contributed by atoms with Gasteiger partial charge in [-0.3, -0.25) is 0 Å². The molecule has 3 N–H and O–H groups in total. The number of aryl methyl sites for hydroxylation is 2. The summed E-state index contributed by atoms with van der Waals surface area (Å²) in [5, 5.41) is 3.38. The lowest BCUT2D eigenvalue weighted by Gasteiger charge is -2.20. The second-order valence-corrected chi connectivity index (χ2v) is 5.38. The second kappa shape index (κ2) is 5.72. The van der Waals surface area contributed by atoms with Crippen LogP contribution in [0.3, 0.4) is 0 Å². The zero-order valence-corrected chi connectivity index (χ0v) is 12.3. The Morgan fingerprint density at radius 3 is 2.79 bits per heavy atom. The van der Waals surface area contributed by atoms with E-state index in [1.54, 1.807) is 0 Å². The first-order chi connectivity index (χ1) is 9.06. The van der Waals surface area contributed by atoms with Crippen molar-refractivity contribution in [1.82, 2.24) is 14.9 Å². The minimum absolute atomic E-state index is 0.338. The molecule has 0 spiro atoms. The highest BCUT2D eigenvalue weighted by molar-refractivity contribution is 5.76. The van der Waals surface area contributed by atoms with Crippen molar-refractivity contribution in [3.05, 3.63) is 29.6 Å². The van der Waals surface area contributed by atoms with Gasteiger partial charge in [0.15, 0.2) is 0 Å². The third kappa shape index (κ3) is 2.80. The van der Waals surface area contributed by atoms with Crippen LogP contribution in [0.1, 0.15) is 30.8 Å². The Morgan fingerprint density at radius 2 is 2.16 bits per heavy atom. The van der Waals surface area contributed by atoms with Crippen LogP contribution in [0.25, 0.3) is 11.0 Å². The van der Waals surface area contributed by atoms with Crippen LogP contribution in [0, 0.1) is 12.8 Å². The van der Waals surface area contributed by atoms with Crippen molar-refractivity contribution in [2.75, 3.05) is 13.6 Å². The Balaban J connectivity index is 2.33. The van der Waals surface area contributed by atoms with Gasteiger partial charge in [-0.2, -0.15) is 0 Å². The zero-order valence-electron chi connectivity index (χ0n) is 12.3. The van der Waals surface area contributed by atoms with Gasteiger partial charge in [-0.25, -0.2) is 4.98 Å². The fourth-order valence-electron chi connectivity index (χ4n) is 2.47. The third-order valence-corrected chi connectivity index (χ3v) is 3.92. The summed E-state index contributed by atoms with van der Waals surface area (Å²) >= 11 is 0. The standard InChI is InChI=1S/C15H24N4/c1-10(9-16)7-13(17-3)12-5-6-15-14(8-12)18-11(2)19(15)4/h5-6,8,10,13,17H,7,9,16H2,1-4H3. The Bertz CT molecular complexity index is 559. The van der Waals surface area contributed by atoms with Gasteiger partial charge in [-0.05, 0) is 50.6 Å². The highest BCUT2D eigenvalue weighted by Gasteiger charge is 2.14. The minimum Gasteiger partial charge on any atom is -0.331 e. The lowest BCUT2D eigenvalue weighted by molar-refractivity contribution is 0.438. The van der Waals surface area contributed by atoms with Gasteiger partial charge in [0.05, 0.1) is 11.0 Å². The molecule has 104 valence electrons. The summed E-state index contributed by atoms with van der Waals surface area (Å²) in [6.45, 7) is 4.95. The molecule has 0 saturated carbocycles. The number of nitrogens with zero attached hydrogens (tertiary/aromatic N) is 2. The van der Waals surface area contributed by atoms with E-state index in [4.69, 9.17) is 5.73 Å². The summed E-state index contributed by atoms with van der Waals surface area (Å²) < 4.78 is 2.12. The highest BCUT2D eigenvalue weighted by atomic mass is 15.0. The number of benzene rings is 1. The molecule has 0 aliphatic rings. The first kappa shape index (κ1) is 14.0. The molecule has 1 heterocycles. The summed E-state index contributed by atoms with van der Waals surface area (Å²) in [4.78, 5) is 4.60. The van der Waals surface area contributed by atoms with Crippen LogP contribution in [0.2, 0.25) is 0 Å². The van der Waals surface area contributed by atoms with E-state index in [9.17, 15) is 0 Å². The summed E-state index contributed by atoms with van der Waals surface area (Å²) in [6.07, 6.45) is 1.05. The maximum atomic E-state index is 5.72. The molecule has 0 aliphatic heterocycles. The average Bonchev–Trinajstić information content (AvgIpc) is 2.70. The number of hydrogen-bond acceptors (Lipinski definition) is 3. The molecule has 2 atom stereocenters. The van der Waals surface area contributed by atoms with E-state index in [0.29, 0.717) is 12.0 Å². The molecule has 2 aromatic rings. The van der Waals surface area contributed by atoms with Crippen LogP contribution >= 0.6 is 0 Å².